The summed E-state index contributed by atoms with van der Waals surface area (Å²) < 4.78 is 11.2. The van der Waals surface area contributed by atoms with Gasteiger partial charge in [-0.15, -0.1) is 23.8 Å². The fraction of sp³-hybridized carbons (Fsp3) is 0.200. The number of hydrogen-bond donors (Lipinski definition) is 1. The van der Waals surface area contributed by atoms with Gasteiger partial charge in [0.2, 0.25) is 0 Å². The molecule has 7 aromatic carbocycles. The molecular weight excluding hydrogens is 974 g/mol. The second-order valence-electron chi connectivity index (χ2n) is 19.3. The Labute approximate surface area is 400 Å². The SMILES string of the molecule is [2H]C(C)(C)c1ccc(-n2c(-c3cc(C(C)(C)C)cc(C)c3O)nc3c(-c4[c-]c(-c5cc(-c6ccc(C(C)(C)C)cc6)ccn5)cc(-c5ccccc5)c4)cccc32)c(-c2ccccc2)c1.[Pt]. The first kappa shape index (κ1) is 43.9. The third-order valence-corrected chi connectivity index (χ3v) is 12.4. The quantitative estimate of drug-likeness (QED) is 0.154. The number of pyridine rings is 1. The van der Waals surface area contributed by atoms with Crippen molar-refractivity contribution in [3.05, 3.63) is 192 Å². The average molecular weight is 1030 g/mol. The molecule has 0 aliphatic heterocycles. The molecule has 4 nitrogen and oxygen atoms in total. The largest absolute Gasteiger partial charge is 0.507 e. The maximum atomic E-state index is 12.0. The third kappa shape index (κ3) is 9.02. The molecule has 65 heavy (non-hydrogen) atoms. The molecule has 0 bridgehead atoms. The van der Waals surface area contributed by atoms with Crippen LogP contribution in [0.5, 0.6) is 5.75 Å². The molecular formula is C60H56N3OPt-. The Hall–Kier alpha value is -6.35. The molecule has 0 amide bonds. The van der Waals surface area contributed by atoms with Gasteiger partial charge in [0.25, 0.3) is 0 Å². The standard InChI is InChI=1S/C60H56N3O.Pt/c1-38(2)43-25-28-54(51(35-43)42-19-14-11-15-20-42)63-55-22-16-21-50(56(55)62-58(63)52-37-49(60(7,8)9)31-39(3)57(52)64)46-32-45(40-17-12-10-13-18-40)33-47(34-46)53-36-44(29-30-61-53)41-23-26-48(27-24-41)59(4,5)6;/h10-33,35-38,64H,1-9H3;/q-1;/i38D;. The summed E-state index contributed by atoms with van der Waals surface area (Å²) in [6.07, 6.45) is 1.89. The molecule has 9 rings (SSSR count). The zero-order chi connectivity index (χ0) is 45.8. The number of nitrogens with zero attached hydrogens (tertiary/aromatic N) is 3. The van der Waals surface area contributed by atoms with Crippen molar-refractivity contribution in [2.75, 3.05) is 0 Å². The van der Waals surface area contributed by atoms with E-state index in [1.165, 1.54) is 5.56 Å². The summed E-state index contributed by atoms with van der Waals surface area (Å²) in [7, 11) is 0. The van der Waals surface area contributed by atoms with E-state index in [9.17, 15) is 5.11 Å². The maximum absolute atomic E-state index is 12.0. The van der Waals surface area contributed by atoms with Crippen LogP contribution in [-0.2, 0) is 31.9 Å². The van der Waals surface area contributed by atoms with Gasteiger partial charge < -0.3 is 5.11 Å². The number of fused-ring (bicyclic) bond motifs is 1. The van der Waals surface area contributed by atoms with Crippen LogP contribution < -0.4 is 0 Å². The molecule has 328 valence electrons. The summed E-state index contributed by atoms with van der Waals surface area (Å²) in [4.78, 5) is 10.5. The van der Waals surface area contributed by atoms with Crippen LogP contribution in [0.1, 0.15) is 84.9 Å². The van der Waals surface area contributed by atoms with E-state index in [-0.39, 0.29) is 37.6 Å². The molecule has 0 aliphatic rings. The smallest absolute Gasteiger partial charge is 0.148 e. The molecule has 0 unspecified atom stereocenters. The summed E-state index contributed by atoms with van der Waals surface area (Å²) in [5, 5.41) is 12.0. The van der Waals surface area contributed by atoms with Crippen molar-refractivity contribution in [1.82, 2.24) is 14.5 Å². The normalized spacial score (nSPS) is 12.2. The number of phenolic OH excluding ortho intramolecular Hbond substituents is 1. The number of benzene rings is 7. The Balaban J connectivity index is 0.00000592. The van der Waals surface area contributed by atoms with Gasteiger partial charge in [0.15, 0.2) is 0 Å². The van der Waals surface area contributed by atoms with E-state index in [1.807, 2.05) is 57.3 Å². The summed E-state index contributed by atoms with van der Waals surface area (Å²) in [6.45, 7) is 19.1. The predicted molar refractivity (Wildman–Crippen MR) is 268 cm³/mol. The number of aromatic hydroxyl groups is 1. The van der Waals surface area contributed by atoms with Crippen LogP contribution in [0, 0.1) is 13.0 Å². The molecule has 0 fully saturated rings. The van der Waals surface area contributed by atoms with E-state index in [0.29, 0.717) is 11.4 Å². The van der Waals surface area contributed by atoms with Crippen molar-refractivity contribution < 1.29 is 27.5 Å². The number of rotatable bonds is 8. The topological polar surface area (TPSA) is 50.9 Å². The number of imidazole rings is 1. The number of phenols is 1. The van der Waals surface area contributed by atoms with Crippen LogP contribution in [0.25, 0.3) is 83.9 Å². The van der Waals surface area contributed by atoms with E-state index in [2.05, 4.69) is 180 Å². The Morgan fingerprint density at radius 3 is 1.89 bits per heavy atom. The third-order valence-electron chi connectivity index (χ3n) is 12.4. The summed E-state index contributed by atoms with van der Waals surface area (Å²) in [6, 6.07) is 58.8. The van der Waals surface area contributed by atoms with Crippen LogP contribution >= 0.6 is 0 Å². The van der Waals surface area contributed by atoms with E-state index >= 15 is 0 Å². The van der Waals surface area contributed by atoms with Gasteiger partial charge in [0.1, 0.15) is 11.6 Å². The first-order chi connectivity index (χ1) is 30.9. The van der Waals surface area contributed by atoms with Gasteiger partial charge in [-0.1, -0.05) is 187 Å². The molecule has 5 heteroatoms. The van der Waals surface area contributed by atoms with Gasteiger partial charge in [0.05, 0.1) is 22.3 Å². The van der Waals surface area contributed by atoms with Gasteiger partial charge in [-0.3, -0.25) is 9.55 Å². The van der Waals surface area contributed by atoms with Crippen LogP contribution in [0.15, 0.2) is 164 Å². The number of aromatic nitrogens is 3. The monoisotopic (exact) mass is 1030 g/mol. The maximum Gasteiger partial charge on any atom is 0.148 e. The second-order valence-corrected chi connectivity index (χ2v) is 19.3. The molecule has 0 aliphatic carbocycles. The number of hydrogen-bond acceptors (Lipinski definition) is 3. The van der Waals surface area contributed by atoms with Crippen molar-refractivity contribution >= 4 is 11.0 Å². The Kier molecular flexibility index (Phi) is 12.1. The fourth-order valence-corrected chi connectivity index (χ4v) is 8.59. The van der Waals surface area contributed by atoms with Gasteiger partial charge >= 0.3 is 0 Å². The predicted octanol–water partition coefficient (Wildman–Crippen LogP) is 16.0. The van der Waals surface area contributed by atoms with E-state index in [1.54, 1.807) is 0 Å². The molecule has 2 aromatic heterocycles. The second kappa shape index (κ2) is 17.9. The van der Waals surface area contributed by atoms with Crippen LogP contribution in [0.3, 0.4) is 0 Å². The van der Waals surface area contributed by atoms with Crippen molar-refractivity contribution in [2.24, 2.45) is 0 Å². The minimum Gasteiger partial charge on any atom is -0.507 e. The Morgan fingerprint density at radius 1 is 0.585 bits per heavy atom. The van der Waals surface area contributed by atoms with E-state index in [4.69, 9.17) is 11.3 Å². The minimum atomic E-state index is -0.825. The van der Waals surface area contributed by atoms with Crippen LogP contribution in [0.2, 0.25) is 0 Å². The molecule has 0 spiro atoms. The van der Waals surface area contributed by atoms with Crippen molar-refractivity contribution in [3.8, 4) is 78.6 Å². The van der Waals surface area contributed by atoms with Gasteiger partial charge in [-0.05, 0) is 98.5 Å². The zero-order valence-electron chi connectivity index (χ0n) is 39.7. The van der Waals surface area contributed by atoms with E-state index < -0.39 is 5.89 Å². The van der Waals surface area contributed by atoms with Crippen LogP contribution in [-0.4, -0.2) is 19.6 Å². The molecule has 0 radical (unpaired) electrons. The van der Waals surface area contributed by atoms with Gasteiger partial charge in [-0.2, -0.15) is 0 Å². The summed E-state index contributed by atoms with van der Waals surface area (Å²) >= 11 is 0. The summed E-state index contributed by atoms with van der Waals surface area (Å²) in [5.74, 6) is -0.00524. The van der Waals surface area contributed by atoms with Gasteiger partial charge in [-0.25, -0.2) is 4.98 Å². The first-order valence-electron chi connectivity index (χ1n) is 22.7. The molecule has 1 N–H and O–H groups in total. The van der Waals surface area contributed by atoms with Crippen LogP contribution in [0.4, 0.5) is 0 Å². The molecule has 0 saturated heterocycles. The Morgan fingerprint density at radius 2 is 1.23 bits per heavy atom. The fourth-order valence-electron chi connectivity index (χ4n) is 8.59. The molecule has 0 atom stereocenters. The van der Waals surface area contributed by atoms with Crippen molar-refractivity contribution in [3.63, 3.8) is 0 Å². The number of aryl methyl sites for hydroxylation is 1. The molecule has 9 aromatic rings. The zero-order valence-corrected chi connectivity index (χ0v) is 41.0. The first-order valence-corrected chi connectivity index (χ1v) is 22.2. The summed E-state index contributed by atoms with van der Waals surface area (Å²) in [5.41, 5.74) is 17.0. The Bertz CT molecular complexity index is 3210. The van der Waals surface area contributed by atoms with Crippen molar-refractivity contribution in [1.29, 1.82) is 0 Å². The van der Waals surface area contributed by atoms with Crippen molar-refractivity contribution in [2.45, 2.75) is 79.0 Å². The average Bonchev–Trinajstić information content (AvgIpc) is 3.68. The number of para-hydroxylation sites is 1. The molecule has 2 heterocycles. The van der Waals surface area contributed by atoms with Gasteiger partial charge in [0, 0.05) is 39.9 Å². The minimum absolute atomic E-state index is 0. The molecule has 0 saturated carbocycles. The van der Waals surface area contributed by atoms with E-state index in [0.717, 1.165) is 89.2 Å².